The second-order valence-corrected chi connectivity index (χ2v) is 9.87. The lowest BCUT2D eigenvalue weighted by molar-refractivity contribution is -0.116. The van der Waals surface area contributed by atoms with Crippen molar-refractivity contribution in [1.29, 1.82) is 0 Å². The van der Waals surface area contributed by atoms with Crippen LogP contribution in [0.25, 0.3) is 5.69 Å². The Morgan fingerprint density at radius 1 is 1.00 bits per heavy atom. The molecule has 1 saturated heterocycles. The number of hydrogen-bond donors (Lipinski definition) is 2. The fourth-order valence-corrected chi connectivity index (χ4v) is 5.46. The molecular formula is C30H31N5OS. The molecule has 0 radical (unpaired) electrons. The maximum absolute atomic E-state index is 12.8. The maximum Gasteiger partial charge on any atom is 0.226 e. The molecule has 2 N–H and O–H groups in total. The third kappa shape index (κ3) is 5.13. The molecule has 0 aliphatic carbocycles. The molecule has 6 nitrogen and oxygen atoms in total. The molecule has 2 aromatic heterocycles. The summed E-state index contributed by atoms with van der Waals surface area (Å²) in [6, 6.07) is 26.1. The number of hydrogen-bond acceptors (Lipinski definition) is 3. The molecule has 188 valence electrons. The Morgan fingerprint density at radius 3 is 2.43 bits per heavy atom. The van der Waals surface area contributed by atoms with Crippen molar-refractivity contribution in [2.75, 3.05) is 11.9 Å². The highest BCUT2D eigenvalue weighted by molar-refractivity contribution is 7.80. The Kier molecular flexibility index (Phi) is 7.06. The van der Waals surface area contributed by atoms with Gasteiger partial charge in [-0.3, -0.25) is 9.78 Å². The summed E-state index contributed by atoms with van der Waals surface area (Å²) in [5.74, 6) is -0.0403. The number of nitrogens with zero attached hydrogens (tertiary/aromatic N) is 3. The molecule has 0 spiro atoms. The highest BCUT2D eigenvalue weighted by Gasteiger charge is 2.41. The van der Waals surface area contributed by atoms with Gasteiger partial charge in [0.2, 0.25) is 5.91 Å². The largest absolute Gasteiger partial charge is 0.352 e. The Labute approximate surface area is 223 Å². The van der Waals surface area contributed by atoms with Gasteiger partial charge in [-0.15, -0.1) is 0 Å². The minimum Gasteiger partial charge on any atom is -0.352 e. The van der Waals surface area contributed by atoms with Crippen LogP contribution in [0.2, 0.25) is 0 Å². The van der Waals surface area contributed by atoms with E-state index in [4.69, 9.17) is 12.2 Å². The third-order valence-corrected chi connectivity index (χ3v) is 7.27. The van der Waals surface area contributed by atoms with Gasteiger partial charge >= 0.3 is 0 Å². The van der Waals surface area contributed by atoms with Crippen molar-refractivity contribution in [3.63, 3.8) is 0 Å². The van der Waals surface area contributed by atoms with Gasteiger partial charge in [0.05, 0.1) is 17.8 Å². The molecule has 2 aromatic carbocycles. The van der Waals surface area contributed by atoms with Crippen LogP contribution in [0, 0.1) is 20.8 Å². The van der Waals surface area contributed by atoms with Gasteiger partial charge < -0.3 is 20.1 Å². The average molecular weight is 510 g/mol. The summed E-state index contributed by atoms with van der Waals surface area (Å²) < 4.78 is 2.27. The van der Waals surface area contributed by atoms with E-state index in [0.29, 0.717) is 18.1 Å². The summed E-state index contributed by atoms with van der Waals surface area (Å²) >= 11 is 5.82. The number of para-hydroxylation sites is 1. The predicted molar refractivity (Wildman–Crippen MR) is 152 cm³/mol. The van der Waals surface area contributed by atoms with Gasteiger partial charge in [-0.25, -0.2) is 0 Å². The molecule has 5 rings (SSSR count). The topological polar surface area (TPSA) is 62.2 Å². The van der Waals surface area contributed by atoms with Crippen LogP contribution in [0.4, 0.5) is 5.69 Å². The van der Waals surface area contributed by atoms with Gasteiger partial charge in [0.15, 0.2) is 5.11 Å². The first-order chi connectivity index (χ1) is 17.9. The zero-order chi connectivity index (χ0) is 25.9. The van der Waals surface area contributed by atoms with Gasteiger partial charge in [0, 0.05) is 41.9 Å². The Hall–Kier alpha value is -3.97. The lowest BCUT2D eigenvalue weighted by Gasteiger charge is -2.28. The van der Waals surface area contributed by atoms with Gasteiger partial charge in [-0.05, 0) is 81.0 Å². The summed E-state index contributed by atoms with van der Waals surface area (Å²) in [6.45, 7) is 6.79. The first kappa shape index (κ1) is 24.7. The first-order valence-corrected chi connectivity index (χ1v) is 12.9. The lowest BCUT2D eigenvalue weighted by atomic mass is 9.96. The number of amides is 1. The summed E-state index contributed by atoms with van der Waals surface area (Å²) in [5, 5.41) is 7.14. The van der Waals surface area contributed by atoms with Gasteiger partial charge in [-0.2, -0.15) is 0 Å². The fraction of sp³-hybridized carbons (Fsp3) is 0.233. The van der Waals surface area contributed by atoms with Crippen molar-refractivity contribution in [2.45, 2.75) is 39.3 Å². The first-order valence-electron chi connectivity index (χ1n) is 12.5. The highest BCUT2D eigenvalue weighted by atomic mass is 32.1. The van der Waals surface area contributed by atoms with Crippen molar-refractivity contribution < 1.29 is 4.79 Å². The molecule has 1 fully saturated rings. The normalized spacial score (nSPS) is 17.1. The quantitative estimate of drug-likeness (QED) is 0.309. The number of anilines is 1. The van der Waals surface area contributed by atoms with Crippen molar-refractivity contribution in [3.05, 3.63) is 113 Å². The summed E-state index contributed by atoms with van der Waals surface area (Å²) in [4.78, 5) is 19.6. The monoisotopic (exact) mass is 509 g/mol. The van der Waals surface area contributed by atoms with E-state index < -0.39 is 0 Å². The van der Waals surface area contributed by atoms with E-state index in [-0.39, 0.29) is 18.0 Å². The summed E-state index contributed by atoms with van der Waals surface area (Å²) in [5.41, 5.74) is 7.46. The molecule has 1 amide bonds. The molecule has 0 bridgehead atoms. The second-order valence-electron chi connectivity index (χ2n) is 9.48. The number of aryl methyl sites for hydroxylation is 2. The van der Waals surface area contributed by atoms with Crippen LogP contribution in [-0.2, 0) is 4.79 Å². The third-order valence-electron chi connectivity index (χ3n) is 6.92. The number of pyridine rings is 1. The molecule has 0 saturated carbocycles. The van der Waals surface area contributed by atoms with Crippen molar-refractivity contribution in [2.24, 2.45) is 0 Å². The van der Waals surface area contributed by atoms with Gasteiger partial charge in [0.25, 0.3) is 0 Å². The van der Waals surface area contributed by atoms with Gasteiger partial charge in [-0.1, -0.05) is 42.0 Å². The molecule has 4 aromatic rings. The Morgan fingerprint density at radius 2 is 1.73 bits per heavy atom. The SMILES string of the molecule is Cc1ccc(NC(=O)CCN2C(=S)N[C@H](c3ccccn3)[C@@H]2c2cc(C)n(-c3ccccc3)c2C)cc1. The van der Waals surface area contributed by atoms with E-state index in [9.17, 15) is 4.79 Å². The minimum absolute atomic E-state index is 0.0403. The van der Waals surface area contributed by atoms with E-state index in [1.807, 2.05) is 61.7 Å². The van der Waals surface area contributed by atoms with E-state index in [1.165, 1.54) is 5.56 Å². The smallest absolute Gasteiger partial charge is 0.226 e. The number of benzene rings is 2. The van der Waals surface area contributed by atoms with Crippen LogP contribution in [0.1, 0.15) is 46.7 Å². The number of aromatic nitrogens is 2. The molecule has 3 heterocycles. The number of carbonyl (C=O) groups is 1. The molecule has 1 aliphatic heterocycles. The summed E-state index contributed by atoms with van der Waals surface area (Å²) in [6.07, 6.45) is 2.13. The molecule has 37 heavy (non-hydrogen) atoms. The lowest BCUT2D eigenvalue weighted by Crippen LogP contribution is -2.32. The molecule has 7 heteroatoms. The van der Waals surface area contributed by atoms with E-state index in [1.54, 1.807) is 0 Å². The molecule has 2 atom stereocenters. The number of thiocarbonyl (C=S) groups is 1. The number of rotatable bonds is 7. The van der Waals surface area contributed by atoms with E-state index in [2.05, 4.69) is 69.3 Å². The van der Waals surface area contributed by atoms with E-state index in [0.717, 1.165) is 34.0 Å². The predicted octanol–water partition coefficient (Wildman–Crippen LogP) is 5.80. The van der Waals surface area contributed by atoms with Crippen LogP contribution >= 0.6 is 12.2 Å². The molecular weight excluding hydrogens is 478 g/mol. The molecule has 1 aliphatic rings. The summed E-state index contributed by atoms with van der Waals surface area (Å²) in [7, 11) is 0. The number of nitrogens with one attached hydrogen (secondary N) is 2. The maximum atomic E-state index is 12.8. The average Bonchev–Trinajstić information content (AvgIpc) is 3.39. The van der Waals surface area contributed by atoms with Crippen molar-refractivity contribution >= 4 is 28.9 Å². The Balaban J connectivity index is 1.45. The zero-order valence-electron chi connectivity index (χ0n) is 21.3. The highest BCUT2D eigenvalue weighted by Crippen LogP contribution is 2.41. The van der Waals surface area contributed by atoms with Crippen LogP contribution in [0.3, 0.4) is 0 Å². The van der Waals surface area contributed by atoms with Crippen molar-refractivity contribution in [3.8, 4) is 5.69 Å². The van der Waals surface area contributed by atoms with Crippen LogP contribution in [0.5, 0.6) is 0 Å². The second kappa shape index (κ2) is 10.6. The molecule has 0 unspecified atom stereocenters. The van der Waals surface area contributed by atoms with Crippen molar-refractivity contribution in [1.82, 2.24) is 19.8 Å². The fourth-order valence-electron chi connectivity index (χ4n) is 5.13. The zero-order valence-corrected chi connectivity index (χ0v) is 22.1. The van der Waals surface area contributed by atoms with Crippen LogP contribution < -0.4 is 10.6 Å². The van der Waals surface area contributed by atoms with Crippen LogP contribution in [-0.4, -0.2) is 32.0 Å². The number of carbonyl (C=O) groups excluding carboxylic acids is 1. The minimum atomic E-state index is -0.126. The Bertz CT molecular complexity index is 1400. The van der Waals surface area contributed by atoms with Crippen LogP contribution in [0.15, 0.2) is 85.1 Å². The standard InChI is InChI=1S/C30H31N5OS/c1-20-12-14-23(15-13-20)32-27(36)16-18-34-29(28(33-30(34)37)26-11-7-8-17-31-26)25-19-21(2)35(22(25)3)24-9-5-4-6-10-24/h4-15,17,19,28-29H,16,18H2,1-3H3,(H,32,36)(H,33,37)/t28-,29+/m1/s1. The van der Waals surface area contributed by atoms with Gasteiger partial charge in [0.1, 0.15) is 0 Å². The van der Waals surface area contributed by atoms with E-state index >= 15 is 0 Å².